The van der Waals surface area contributed by atoms with E-state index in [-0.39, 0.29) is 22.4 Å². The average Bonchev–Trinajstić information content (AvgIpc) is 2.56. The van der Waals surface area contributed by atoms with Crippen LogP contribution in [0, 0.1) is 16.0 Å². The Morgan fingerprint density at radius 3 is 2.70 bits per heavy atom. The van der Waals surface area contributed by atoms with Crippen LogP contribution in [0.15, 0.2) is 24.3 Å². The first-order valence-corrected chi connectivity index (χ1v) is 8.30. The van der Waals surface area contributed by atoms with Crippen LogP contribution < -0.4 is 0 Å². The number of nitro benzene ring substituents is 1. The van der Waals surface area contributed by atoms with Crippen LogP contribution in [0.4, 0.5) is 5.69 Å². The molecule has 1 atom stereocenters. The molecule has 1 unspecified atom stereocenters. The molecule has 1 heterocycles. The van der Waals surface area contributed by atoms with Gasteiger partial charge in [-0.3, -0.25) is 19.8 Å². The maximum Gasteiger partial charge on any atom is 0.273 e. The lowest BCUT2D eigenvalue weighted by atomic mass is 9.96. The largest absolute Gasteiger partial charge is 0.343 e. The summed E-state index contributed by atoms with van der Waals surface area (Å²) in [5.74, 6) is 0.216. The molecule has 0 aromatic heterocycles. The Hall–Kier alpha value is -1.95. The smallest absolute Gasteiger partial charge is 0.273 e. The van der Waals surface area contributed by atoms with Gasteiger partial charge < -0.3 is 4.90 Å². The monoisotopic (exact) mass is 319 g/mol. The van der Waals surface area contributed by atoms with Gasteiger partial charge in [0.25, 0.3) is 5.69 Å². The predicted molar refractivity (Wildman–Crippen MR) is 89.0 cm³/mol. The van der Waals surface area contributed by atoms with Gasteiger partial charge in [-0.25, -0.2) is 0 Å². The third-order valence-corrected chi connectivity index (χ3v) is 4.51. The molecule has 0 N–H and O–H groups in total. The minimum atomic E-state index is -0.335. The Balaban J connectivity index is 2.05. The number of likely N-dealkylation sites (tertiary alicyclic amines) is 1. The molecular weight excluding hydrogens is 294 g/mol. The highest BCUT2D eigenvalue weighted by Crippen LogP contribution is 2.24. The molecule has 2 rings (SSSR count). The molecule has 0 radical (unpaired) electrons. The summed E-state index contributed by atoms with van der Waals surface area (Å²) in [6, 6.07) is 6.85. The first-order chi connectivity index (χ1) is 11.1. The molecule has 1 aromatic carbocycles. The molecule has 23 heavy (non-hydrogen) atoms. The van der Waals surface area contributed by atoms with Gasteiger partial charge in [-0.1, -0.05) is 18.2 Å². The van der Waals surface area contributed by atoms with Crippen molar-refractivity contribution in [3.63, 3.8) is 0 Å². The number of rotatable bonds is 6. The summed E-state index contributed by atoms with van der Waals surface area (Å²) < 4.78 is 0. The minimum absolute atomic E-state index is 0.00594. The number of hydrogen-bond donors (Lipinski definition) is 0. The molecular formula is C17H25N3O3. The van der Waals surface area contributed by atoms with E-state index >= 15 is 0 Å². The second kappa shape index (κ2) is 8.06. The lowest BCUT2D eigenvalue weighted by molar-refractivity contribution is -0.385. The molecule has 1 amide bonds. The second-order valence-corrected chi connectivity index (χ2v) is 5.97. The number of carbonyl (C=O) groups is 1. The number of benzene rings is 1. The van der Waals surface area contributed by atoms with E-state index in [0.29, 0.717) is 18.7 Å². The summed E-state index contributed by atoms with van der Waals surface area (Å²) in [7, 11) is 0. The number of amides is 1. The number of piperidine rings is 1. The molecule has 0 aliphatic carbocycles. The van der Waals surface area contributed by atoms with Gasteiger partial charge in [0, 0.05) is 37.8 Å². The fourth-order valence-corrected chi connectivity index (χ4v) is 3.26. The van der Waals surface area contributed by atoms with Crippen molar-refractivity contribution < 1.29 is 9.72 Å². The first-order valence-electron chi connectivity index (χ1n) is 8.30. The van der Waals surface area contributed by atoms with Crippen LogP contribution in [0.2, 0.25) is 0 Å². The van der Waals surface area contributed by atoms with Crippen LogP contribution in [-0.2, 0) is 11.3 Å². The molecule has 6 heteroatoms. The Labute approximate surface area is 137 Å². The van der Waals surface area contributed by atoms with Gasteiger partial charge in [0.05, 0.1) is 10.8 Å². The molecule has 0 saturated carbocycles. The molecule has 6 nitrogen and oxygen atoms in total. The molecule has 1 fully saturated rings. The van der Waals surface area contributed by atoms with Crippen molar-refractivity contribution in [2.24, 2.45) is 5.92 Å². The quantitative estimate of drug-likeness (QED) is 0.597. The maximum atomic E-state index is 12.5. The lowest BCUT2D eigenvalue weighted by Gasteiger charge is -2.34. The Kier molecular flexibility index (Phi) is 6.10. The van der Waals surface area contributed by atoms with Crippen molar-refractivity contribution in [2.45, 2.75) is 33.2 Å². The number of para-hydroxylation sites is 1. The van der Waals surface area contributed by atoms with E-state index in [2.05, 4.69) is 4.90 Å². The van der Waals surface area contributed by atoms with Crippen LogP contribution in [0.1, 0.15) is 32.3 Å². The van der Waals surface area contributed by atoms with Crippen LogP contribution >= 0.6 is 0 Å². The summed E-state index contributed by atoms with van der Waals surface area (Å²) in [6.07, 6.45) is 1.86. The number of carbonyl (C=O) groups excluding carboxylic acids is 1. The first kappa shape index (κ1) is 17.4. The number of hydrogen-bond acceptors (Lipinski definition) is 4. The van der Waals surface area contributed by atoms with Gasteiger partial charge in [-0.05, 0) is 33.2 Å². The van der Waals surface area contributed by atoms with Gasteiger partial charge in [-0.2, -0.15) is 0 Å². The van der Waals surface area contributed by atoms with E-state index < -0.39 is 0 Å². The van der Waals surface area contributed by atoms with E-state index in [9.17, 15) is 14.9 Å². The van der Waals surface area contributed by atoms with E-state index in [4.69, 9.17) is 0 Å². The molecule has 0 spiro atoms. The zero-order valence-electron chi connectivity index (χ0n) is 13.9. The zero-order chi connectivity index (χ0) is 16.8. The van der Waals surface area contributed by atoms with Gasteiger partial charge >= 0.3 is 0 Å². The Morgan fingerprint density at radius 1 is 1.35 bits per heavy atom. The fourth-order valence-electron chi connectivity index (χ4n) is 3.26. The van der Waals surface area contributed by atoms with Gasteiger partial charge in [0.2, 0.25) is 5.91 Å². The summed E-state index contributed by atoms with van der Waals surface area (Å²) in [4.78, 5) is 27.4. The SMILES string of the molecule is CCN(CC)C(=O)C1CCCN(Cc2ccccc2[N+](=O)[O-])C1. The molecule has 1 aliphatic heterocycles. The fraction of sp³-hybridized carbons (Fsp3) is 0.588. The van der Waals surface area contributed by atoms with Crippen LogP contribution in [-0.4, -0.2) is 46.8 Å². The third-order valence-electron chi connectivity index (χ3n) is 4.51. The second-order valence-electron chi connectivity index (χ2n) is 5.97. The van der Waals surface area contributed by atoms with Crippen molar-refractivity contribution in [1.82, 2.24) is 9.80 Å². The average molecular weight is 319 g/mol. The lowest BCUT2D eigenvalue weighted by Crippen LogP contribution is -2.44. The van der Waals surface area contributed by atoms with Gasteiger partial charge in [-0.15, -0.1) is 0 Å². The molecule has 0 bridgehead atoms. The Bertz CT molecular complexity index is 558. The number of nitrogens with zero attached hydrogens (tertiary/aromatic N) is 3. The van der Waals surface area contributed by atoms with Crippen LogP contribution in [0.25, 0.3) is 0 Å². The van der Waals surface area contributed by atoms with E-state index in [1.54, 1.807) is 12.1 Å². The topological polar surface area (TPSA) is 66.7 Å². The van der Waals surface area contributed by atoms with Crippen molar-refractivity contribution in [3.05, 3.63) is 39.9 Å². The van der Waals surface area contributed by atoms with E-state index in [0.717, 1.165) is 32.5 Å². The molecule has 1 aromatic rings. The van der Waals surface area contributed by atoms with Crippen LogP contribution in [0.3, 0.4) is 0 Å². The van der Waals surface area contributed by atoms with Crippen molar-refractivity contribution in [1.29, 1.82) is 0 Å². The van der Waals surface area contributed by atoms with E-state index in [1.807, 2.05) is 24.8 Å². The molecule has 1 aliphatic rings. The van der Waals surface area contributed by atoms with Crippen molar-refractivity contribution in [3.8, 4) is 0 Å². The standard InChI is InChI=1S/C17H25N3O3/c1-3-19(4-2)17(21)15-9-7-11-18(13-15)12-14-8-5-6-10-16(14)20(22)23/h5-6,8,10,15H,3-4,7,9,11-13H2,1-2H3. The van der Waals surface area contributed by atoms with Crippen molar-refractivity contribution >= 4 is 11.6 Å². The summed E-state index contributed by atoms with van der Waals surface area (Å²) in [5, 5.41) is 11.1. The van der Waals surface area contributed by atoms with Crippen molar-refractivity contribution in [2.75, 3.05) is 26.2 Å². The molecule has 126 valence electrons. The molecule has 1 saturated heterocycles. The summed E-state index contributed by atoms with van der Waals surface area (Å²) in [5.41, 5.74) is 0.873. The summed E-state index contributed by atoms with van der Waals surface area (Å²) in [6.45, 7) is 7.55. The van der Waals surface area contributed by atoms with E-state index in [1.165, 1.54) is 6.07 Å². The third kappa shape index (κ3) is 4.28. The van der Waals surface area contributed by atoms with Gasteiger partial charge in [0.1, 0.15) is 0 Å². The highest BCUT2D eigenvalue weighted by molar-refractivity contribution is 5.79. The van der Waals surface area contributed by atoms with Crippen LogP contribution in [0.5, 0.6) is 0 Å². The zero-order valence-corrected chi connectivity index (χ0v) is 13.9. The predicted octanol–water partition coefficient (Wildman–Crippen LogP) is 2.68. The number of nitro groups is 1. The maximum absolute atomic E-state index is 12.5. The van der Waals surface area contributed by atoms with Gasteiger partial charge in [0.15, 0.2) is 0 Å². The Morgan fingerprint density at radius 2 is 2.04 bits per heavy atom. The normalized spacial score (nSPS) is 18.6. The highest BCUT2D eigenvalue weighted by Gasteiger charge is 2.29. The highest BCUT2D eigenvalue weighted by atomic mass is 16.6. The summed E-state index contributed by atoms with van der Waals surface area (Å²) >= 11 is 0. The minimum Gasteiger partial charge on any atom is -0.343 e.